The largest absolute Gasteiger partial charge is 0.497 e. The number of ether oxygens (including phenoxy) is 1. The van der Waals surface area contributed by atoms with Gasteiger partial charge in [-0.05, 0) is 53.9 Å². The molecule has 0 unspecified atom stereocenters. The van der Waals surface area contributed by atoms with Crippen LogP contribution in [0.4, 0.5) is 10.5 Å². The van der Waals surface area contributed by atoms with Gasteiger partial charge < -0.3 is 19.8 Å². The number of carbonyl (C=O) groups excluding carboxylic acids is 1. The standard InChI is InChI=1S/C26H32N4O3/c1-32-24-10-6-21(7-11-24)12-13-27-26(31)28-23-8-4-22(5-9-23)19-29-14-16-30(17-15-29)20-25-3-2-18-33-25/h2-11,18H,12-17,19-20H2,1H3,(H2,27,28,31). The Morgan fingerprint density at radius 2 is 1.58 bits per heavy atom. The summed E-state index contributed by atoms with van der Waals surface area (Å²) in [6.07, 6.45) is 2.50. The number of furan rings is 1. The fourth-order valence-corrected chi connectivity index (χ4v) is 3.97. The third kappa shape index (κ3) is 7.10. The van der Waals surface area contributed by atoms with Crippen LogP contribution in [0.15, 0.2) is 71.3 Å². The van der Waals surface area contributed by atoms with Crippen molar-refractivity contribution in [1.82, 2.24) is 15.1 Å². The van der Waals surface area contributed by atoms with Crippen molar-refractivity contribution in [2.24, 2.45) is 0 Å². The van der Waals surface area contributed by atoms with Crippen molar-refractivity contribution in [2.75, 3.05) is 45.2 Å². The first-order valence-electron chi connectivity index (χ1n) is 11.4. The van der Waals surface area contributed by atoms with Crippen molar-refractivity contribution >= 4 is 11.7 Å². The molecule has 0 aliphatic carbocycles. The van der Waals surface area contributed by atoms with E-state index in [9.17, 15) is 4.79 Å². The summed E-state index contributed by atoms with van der Waals surface area (Å²) >= 11 is 0. The molecule has 1 aliphatic heterocycles. The molecule has 1 aliphatic rings. The Morgan fingerprint density at radius 1 is 0.909 bits per heavy atom. The van der Waals surface area contributed by atoms with Crippen LogP contribution in [0.1, 0.15) is 16.9 Å². The van der Waals surface area contributed by atoms with E-state index in [4.69, 9.17) is 9.15 Å². The van der Waals surface area contributed by atoms with Gasteiger partial charge in [0.15, 0.2) is 0 Å². The zero-order valence-corrected chi connectivity index (χ0v) is 19.1. The summed E-state index contributed by atoms with van der Waals surface area (Å²) in [5.41, 5.74) is 3.20. The Labute approximate surface area is 195 Å². The summed E-state index contributed by atoms with van der Waals surface area (Å²) < 4.78 is 10.6. The van der Waals surface area contributed by atoms with E-state index in [1.165, 1.54) is 5.56 Å². The molecule has 2 aromatic carbocycles. The van der Waals surface area contributed by atoms with E-state index in [0.29, 0.717) is 6.54 Å². The minimum absolute atomic E-state index is 0.191. The molecule has 0 radical (unpaired) electrons. The topological polar surface area (TPSA) is 70.0 Å². The number of anilines is 1. The number of urea groups is 1. The van der Waals surface area contributed by atoms with Crippen LogP contribution in [0.5, 0.6) is 5.75 Å². The number of hydrogen-bond donors (Lipinski definition) is 2. The van der Waals surface area contributed by atoms with E-state index in [1.54, 1.807) is 13.4 Å². The lowest BCUT2D eigenvalue weighted by molar-refractivity contribution is 0.116. The molecule has 7 heteroatoms. The van der Waals surface area contributed by atoms with E-state index in [2.05, 4.69) is 32.6 Å². The van der Waals surface area contributed by atoms with Gasteiger partial charge in [0, 0.05) is 45.0 Å². The van der Waals surface area contributed by atoms with E-state index in [-0.39, 0.29) is 6.03 Å². The molecule has 0 atom stereocenters. The molecule has 4 rings (SSSR count). The number of carbonyl (C=O) groups is 1. The van der Waals surface area contributed by atoms with Gasteiger partial charge in [-0.1, -0.05) is 24.3 Å². The molecule has 0 saturated carbocycles. The molecule has 2 heterocycles. The van der Waals surface area contributed by atoms with Crippen molar-refractivity contribution < 1.29 is 13.9 Å². The number of hydrogen-bond acceptors (Lipinski definition) is 5. The number of rotatable bonds is 9. The summed E-state index contributed by atoms with van der Waals surface area (Å²) in [7, 11) is 1.65. The number of nitrogens with zero attached hydrogens (tertiary/aromatic N) is 2. The fraction of sp³-hybridized carbons (Fsp3) is 0.346. The lowest BCUT2D eigenvalue weighted by Crippen LogP contribution is -2.45. The van der Waals surface area contributed by atoms with Crippen LogP contribution < -0.4 is 15.4 Å². The third-order valence-corrected chi connectivity index (χ3v) is 5.90. The molecule has 174 valence electrons. The number of methoxy groups -OCH3 is 1. The van der Waals surface area contributed by atoms with Crippen molar-refractivity contribution in [3.05, 3.63) is 83.8 Å². The molecule has 1 fully saturated rings. The second kappa shape index (κ2) is 11.5. The van der Waals surface area contributed by atoms with Gasteiger partial charge in [-0.15, -0.1) is 0 Å². The number of piperazine rings is 1. The second-order valence-electron chi connectivity index (χ2n) is 8.31. The number of amides is 2. The fourth-order valence-electron chi connectivity index (χ4n) is 3.97. The predicted molar refractivity (Wildman–Crippen MR) is 129 cm³/mol. The Bertz CT molecular complexity index is 979. The normalized spacial score (nSPS) is 14.7. The molecule has 1 aromatic heterocycles. The molecular formula is C26H32N4O3. The molecule has 0 bridgehead atoms. The SMILES string of the molecule is COc1ccc(CCNC(=O)Nc2ccc(CN3CCN(Cc4ccco4)CC3)cc2)cc1. The first-order valence-corrected chi connectivity index (χ1v) is 11.4. The maximum absolute atomic E-state index is 12.2. The van der Waals surface area contributed by atoms with Crippen LogP contribution in [0.3, 0.4) is 0 Å². The molecule has 33 heavy (non-hydrogen) atoms. The van der Waals surface area contributed by atoms with Crippen molar-refractivity contribution in [3.63, 3.8) is 0 Å². The zero-order valence-electron chi connectivity index (χ0n) is 19.1. The second-order valence-corrected chi connectivity index (χ2v) is 8.31. The van der Waals surface area contributed by atoms with Gasteiger partial charge in [0.2, 0.25) is 0 Å². The highest BCUT2D eigenvalue weighted by atomic mass is 16.5. The first-order chi connectivity index (χ1) is 16.2. The summed E-state index contributed by atoms with van der Waals surface area (Å²) in [4.78, 5) is 17.1. The maximum atomic E-state index is 12.2. The molecular weight excluding hydrogens is 416 g/mol. The van der Waals surface area contributed by atoms with Gasteiger partial charge in [0.05, 0.1) is 19.9 Å². The summed E-state index contributed by atoms with van der Waals surface area (Å²) in [6, 6.07) is 19.8. The monoisotopic (exact) mass is 448 g/mol. The molecule has 3 aromatic rings. The number of benzene rings is 2. The number of nitrogens with one attached hydrogen (secondary N) is 2. The van der Waals surface area contributed by atoms with Gasteiger partial charge in [0.1, 0.15) is 11.5 Å². The third-order valence-electron chi connectivity index (χ3n) is 5.90. The quantitative estimate of drug-likeness (QED) is 0.518. The van der Waals surface area contributed by atoms with Gasteiger partial charge in [-0.2, -0.15) is 0 Å². The summed E-state index contributed by atoms with van der Waals surface area (Å²) in [5.74, 6) is 1.86. The van der Waals surface area contributed by atoms with E-state index in [0.717, 1.165) is 68.4 Å². The van der Waals surface area contributed by atoms with Crippen molar-refractivity contribution in [2.45, 2.75) is 19.5 Å². The van der Waals surface area contributed by atoms with Crippen LogP contribution >= 0.6 is 0 Å². The Morgan fingerprint density at radius 3 is 2.21 bits per heavy atom. The molecule has 1 saturated heterocycles. The Kier molecular flexibility index (Phi) is 8.00. The highest BCUT2D eigenvalue weighted by molar-refractivity contribution is 5.89. The molecule has 2 amide bonds. The van der Waals surface area contributed by atoms with Gasteiger partial charge in [-0.3, -0.25) is 9.80 Å². The van der Waals surface area contributed by atoms with E-state index >= 15 is 0 Å². The van der Waals surface area contributed by atoms with Crippen molar-refractivity contribution in [1.29, 1.82) is 0 Å². The average Bonchev–Trinajstić information content (AvgIpc) is 3.35. The zero-order chi connectivity index (χ0) is 22.9. The minimum atomic E-state index is -0.191. The molecule has 2 N–H and O–H groups in total. The minimum Gasteiger partial charge on any atom is -0.497 e. The lowest BCUT2D eigenvalue weighted by Gasteiger charge is -2.34. The molecule has 0 spiro atoms. The van der Waals surface area contributed by atoms with Crippen LogP contribution in [-0.4, -0.2) is 55.7 Å². The predicted octanol–water partition coefficient (Wildman–Crippen LogP) is 3.97. The average molecular weight is 449 g/mol. The summed E-state index contributed by atoms with van der Waals surface area (Å²) in [5, 5.41) is 5.81. The van der Waals surface area contributed by atoms with E-state index in [1.807, 2.05) is 48.5 Å². The first kappa shape index (κ1) is 22.9. The van der Waals surface area contributed by atoms with Gasteiger partial charge in [0.25, 0.3) is 0 Å². The van der Waals surface area contributed by atoms with E-state index < -0.39 is 0 Å². The smallest absolute Gasteiger partial charge is 0.319 e. The lowest BCUT2D eigenvalue weighted by atomic mass is 10.1. The van der Waals surface area contributed by atoms with Crippen molar-refractivity contribution in [3.8, 4) is 5.75 Å². The van der Waals surface area contributed by atoms with Crippen LogP contribution in [-0.2, 0) is 19.5 Å². The van der Waals surface area contributed by atoms with Crippen LogP contribution in [0.2, 0.25) is 0 Å². The Hall–Kier alpha value is -3.29. The highest BCUT2D eigenvalue weighted by Crippen LogP contribution is 2.15. The highest BCUT2D eigenvalue weighted by Gasteiger charge is 2.17. The van der Waals surface area contributed by atoms with Crippen LogP contribution in [0, 0.1) is 0 Å². The Balaban J connectivity index is 1.15. The molecule has 7 nitrogen and oxygen atoms in total. The van der Waals surface area contributed by atoms with Gasteiger partial charge >= 0.3 is 6.03 Å². The van der Waals surface area contributed by atoms with Crippen LogP contribution in [0.25, 0.3) is 0 Å². The summed E-state index contributed by atoms with van der Waals surface area (Å²) in [6.45, 7) is 6.52. The van der Waals surface area contributed by atoms with Gasteiger partial charge in [-0.25, -0.2) is 4.79 Å². The maximum Gasteiger partial charge on any atom is 0.319 e.